The van der Waals surface area contributed by atoms with Gasteiger partial charge in [-0.15, -0.1) is 0 Å². The Hall–Kier alpha value is -3.35. The number of nitrogens with one attached hydrogen (secondary N) is 2. The van der Waals surface area contributed by atoms with Crippen molar-refractivity contribution in [1.29, 1.82) is 0 Å². The second-order valence-corrected chi connectivity index (χ2v) is 9.53. The zero-order valence-electron chi connectivity index (χ0n) is 19.3. The molecule has 0 aliphatic heterocycles. The van der Waals surface area contributed by atoms with Gasteiger partial charge in [0.25, 0.3) is 0 Å². The molecular formula is C27H31N3O4. The Morgan fingerprint density at radius 2 is 2.03 bits per heavy atom. The van der Waals surface area contributed by atoms with Gasteiger partial charge >= 0.3 is 5.63 Å². The molecule has 3 N–H and O–H groups in total. The van der Waals surface area contributed by atoms with Crippen LogP contribution in [0.15, 0.2) is 46.0 Å². The lowest BCUT2D eigenvalue weighted by Gasteiger charge is -2.22. The van der Waals surface area contributed by atoms with Gasteiger partial charge in [-0.05, 0) is 62.1 Å². The summed E-state index contributed by atoms with van der Waals surface area (Å²) >= 11 is 0. The molecule has 1 amide bonds. The molecule has 2 heterocycles. The van der Waals surface area contributed by atoms with Crippen molar-refractivity contribution in [1.82, 2.24) is 9.97 Å². The monoisotopic (exact) mass is 461 g/mol. The van der Waals surface area contributed by atoms with Gasteiger partial charge in [0, 0.05) is 41.9 Å². The molecule has 1 fully saturated rings. The van der Waals surface area contributed by atoms with Crippen LogP contribution in [-0.4, -0.2) is 21.0 Å². The minimum Gasteiger partial charge on any atom is -0.507 e. The predicted octanol–water partition coefficient (Wildman–Crippen LogP) is 4.84. The fourth-order valence-electron chi connectivity index (χ4n) is 5.10. The van der Waals surface area contributed by atoms with Gasteiger partial charge in [0.05, 0.1) is 11.9 Å². The molecule has 2 aliphatic rings. The molecule has 1 saturated carbocycles. The molecule has 3 aromatic rings. The van der Waals surface area contributed by atoms with Crippen molar-refractivity contribution in [3.05, 3.63) is 75.4 Å². The Bertz CT molecular complexity index is 1210. The predicted molar refractivity (Wildman–Crippen MR) is 129 cm³/mol. The molecule has 2 aliphatic carbocycles. The summed E-state index contributed by atoms with van der Waals surface area (Å²) in [6.45, 7) is 0. The number of aromatic hydroxyl groups is 1. The van der Waals surface area contributed by atoms with Gasteiger partial charge in [-0.25, -0.2) is 9.78 Å². The van der Waals surface area contributed by atoms with E-state index in [0.29, 0.717) is 36.3 Å². The third-order valence-corrected chi connectivity index (χ3v) is 7.00. The Labute approximate surface area is 198 Å². The molecular weight excluding hydrogens is 430 g/mol. The van der Waals surface area contributed by atoms with Crippen molar-refractivity contribution in [2.75, 3.05) is 5.32 Å². The van der Waals surface area contributed by atoms with Crippen molar-refractivity contribution < 1.29 is 14.3 Å². The lowest BCUT2D eigenvalue weighted by molar-refractivity contribution is -0.116. The first-order valence-corrected chi connectivity index (χ1v) is 12.3. The highest BCUT2D eigenvalue weighted by atomic mass is 16.4. The summed E-state index contributed by atoms with van der Waals surface area (Å²) in [5.41, 5.74) is 3.28. The first-order chi connectivity index (χ1) is 16.6. The highest BCUT2D eigenvalue weighted by molar-refractivity contribution is 5.90. The maximum absolute atomic E-state index is 13.1. The van der Waals surface area contributed by atoms with Gasteiger partial charge in [-0.1, -0.05) is 25.0 Å². The van der Waals surface area contributed by atoms with E-state index in [1.165, 1.54) is 0 Å². The number of carbonyl (C=O) groups is 1. The molecule has 1 aromatic carbocycles. The average Bonchev–Trinajstić information content (AvgIpc) is 3.50. The van der Waals surface area contributed by atoms with Crippen molar-refractivity contribution in [2.45, 2.75) is 70.1 Å². The molecule has 7 heteroatoms. The van der Waals surface area contributed by atoms with E-state index in [4.69, 9.17) is 4.42 Å². The normalized spacial score (nSPS) is 16.8. The summed E-state index contributed by atoms with van der Waals surface area (Å²) in [7, 11) is 0. The van der Waals surface area contributed by atoms with Gasteiger partial charge in [-0.3, -0.25) is 4.79 Å². The number of rotatable bonds is 7. The summed E-state index contributed by atoms with van der Waals surface area (Å²) in [5.74, 6) is 0.733. The first-order valence-electron chi connectivity index (χ1n) is 12.3. The van der Waals surface area contributed by atoms with Gasteiger partial charge in [0.2, 0.25) is 5.91 Å². The zero-order chi connectivity index (χ0) is 23.5. The molecule has 0 radical (unpaired) electrons. The van der Waals surface area contributed by atoms with Crippen LogP contribution < -0.4 is 10.9 Å². The van der Waals surface area contributed by atoms with Crippen LogP contribution in [0, 0.1) is 5.92 Å². The van der Waals surface area contributed by atoms with Crippen LogP contribution in [0.2, 0.25) is 0 Å². The number of hydrogen-bond acceptors (Lipinski definition) is 5. The van der Waals surface area contributed by atoms with Crippen LogP contribution in [-0.2, 0) is 24.1 Å². The van der Waals surface area contributed by atoms with Crippen molar-refractivity contribution in [3.8, 4) is 5.75 Å². The number of amides is 1. The van der Waals surface area contributed by atoms with E-state index in [0.717, 1.165) is 61.8 Å². The van der Waals surface area contributed by atoms with E-state index < -0.39 is 5.63 Å². The average molecular weight is 462 g/mol. The number of H-pyrrole nitrogens is 1. The number of hydrogen-bond donors (Lipinski definition) is 3. The van der Waals surface area contributed by atoms with Crippen molar-refractivity contribution >= 4 is 11.6 Å². The van der Waals surface area contributed by atoms with Gasteiger partial charge in [0.1, 0.15) is 11.5 Å². The van der Waals surface area contributed by atoms with E-state index in [1.807, 2.05) is 24.3 Å². The number of fused-ring (bicyclic) bond motifs is 1. The maximum atomic E-state index is 13.1. The van der Waals surface area contributed by atoms with E-state index in [9.17, 15) is 14.7 Å². The zero-order valence-corrected chi connectivity index (χ0v) is 19.3. The summed E-state index contributed by atoms with van der Waals surface area (Å²) in [4.78, 5) is 32.6. The number of aromatic amines is 1. The largest absolute Gasteiger partial charge is 0.507 e. The van der Waals surface area contributed by atoms with Crippen LogP contribution in [0.4, 0.5) is 5.69 Å². The summed E-state index contributed by atoms with van der Waals surface area (Å²) in [6, 6.07) is 7.64. The van der Waals surface area contributed by atoms with Crippen LogP contribution in [0.1, 0.15) is 79.0 Å². The number of aromatic nitrogens is 2. The first kappa shape index (κ1) is 22.4. The third-order valence-electron chi connectivity index (χ3n) is 7.00. The third kappa shape index (κ3) is 4.93. The number of nitrogens with zero attached hydrogens (tertiary/aromatic N) is 1. The highest BCUT2D eigenvalue weighted by Crippen LogP contribution is 2.49. The lowest BCUT2D eigenvalue weighted by Crippen LogP contribution is -2.19. The fourth-order valence-corrected chi connectivity index (χ4v) is 5.10. The van der Waals surface area contributed by atoms with Crippen molar-refractivity contribution in [3.63, 3.8) is 0 Å². The van der Waals surface area contributed by atoms with E-state index in [-0.39, 0.29) is 23.5 Å². The lowest BCUT2D eigenvalue weighted by atomic mass is 9.85. The molecule has 0 saturated heterocycles. The molecule has 178 valence electrons. The van der Waals surface area contributed by atoms with Crippen LogP contribution in [0.25, 0.3) is 0 Å². The van der Waals surface area contributed by atoms with Crippen LogP contribution >= 0.6 is 0 Å². The Balaban J connectivity index is 1.41. The smallest absolute Gasteiger partial charge is 0.343 e. The van der Waals surface area contributed by atoms with Crippen molar-refractivity contribution in [2.24, 2.45) is 5.92 Å². The summed E-state index contributed by atoms with van der Waals surface area (Å²) < 4.78 is 5.80. The minimum absolute atomic E-state index is 0.0850. The number of benzene rings is 1. The fraction of sp³-hybridized carbons (Fsp3) is 0.444. The molecule has 0 bridgehead atoms. The molecule has 7 nitrogen and oxygen atoms in total. The Morgan fingerprint density at radius 3 is 2.79 bits per heavy atom. The molecule has 5 rings (SSSR count). The molecule has 1 atom stereocenters. The minimum atomic E-state index is -0.428. The Kier molecular flexibility index (Phi) is 6.52. The molecule has 0 unspecified atom stereocenters. The van der Waals surface area contributed by atoms with E-state index in [1.54, 1.807) is 12.5 Å². The number of imidazole rings is 1. The van der Waals surface area contributed by atoms with Gasteiger partial charge in [0.15, 0.2) is 0 Å². The van der Waals surface area contributed by atoms with E-state index in [2.05, 4.69) is 15.3 Å². The van der Waals surface area contributed by atoms with Crippen LogP contribution in [0.3, 0.4) is 0 Å². The number of anilines is 1. The second-order valence-electron chi connectivity index (χ2n) is 9.53. The summed E-state index contributed by atoms with van der Waals surface area (Å²) in [5, 5.41) is 14.2. The molecule has 0 spiro atoms. The SMILES string of the molecule is O=C(CCc1cnc[nH]1)Nc1cccc([C@@H](c2c(O)c3c(oc2=O)CCCCCC3)C2CC2)c1. The second kappa shape index (κ2) is 9.87. The number of aryl methyl sites for hydroxylation is 2. The molecule has 2 aromatic heterocycles. The highest BCUT2D eigenvalue weighted by Gasteiger charge is 2.38. The van der Waals surface area contributed by atoms with E-state index >= 15 is 0 Å². The van der Waals surface area contributed by atoms with Gasteiger partial charge in [-0.2, -0.15) is 0 Å². The quantitative estimate of drug-likeness (QED) is 0.467. The Morgan fingerprint density at radius 1 is 1.21 bits per heavy atom. The summed E-state index contributed by atoms with van der Waals surface area (Å²) in [6.07, 6.45) is 11.9. The topological polar surface area (TPSA) is 108 Å². The van der Waals surface area contributed by atoms with Crippen LogP contribution in [0.5, 0.6) is 5.75 Å². The standard InChI is InChI=1S/C27H31N3O4/c31-23(13-12-20-15-28-16-29-20)30-19-7-5-6-18(14-19)24(17-10-11-17)25-26(32)21-8-3-1-2-4-9-22(21)34-27(25)33/h5-7,14-17,24,32H,1-4,8-13H2,(H,28,29)(H,30,31)/t24-/m0/s1. The number of carbonyl (C=O) groups excluding carboxylic acids is 1. The maximum Gasteiger partial charge on any atom is 0.343 e. The molecule has 34 heavy (non-hydrogen) atoms. The van der Waals surface area contributed by atoms with Gasteiger partial charge < -0.3 is 19.8 Å².